The van der Waals surface area contributed by atoms with Gasteiger partial charge in [0.1, 0.15) is 0 Å². The number of hydrogen-bond acceptors (Lipinski definition) is 1. The largest absolute Gasteiger partial charge is 0.460 e. The molecule has 0 aliphatic rings. The maximum Gasteiger partial charge on any atom is 0.460 e. The molecule has 182 valence electrons. The standard InChI is InChI=1S/C10H3F19S/c11-2(12,1-3(13,14)30)4(15,16)5(17,18)6(19,20)7(21,22)8(23,24)9(25,26)10(27,28)29/h30H,1H2. The summed E-state index contributed by atoms with van der Waals surface area (Å²) in [7, 11) is 0. The lowest BCUT2D eigenvalue weighted by molar-refractivity contribution is -0.462. The fourth-order valence-electron chi connectivity index (χ4n) is 1.57. The minimum Gasteiger partial charge on any atom is -0.199 e. The van der Waals surface area contributed by atoms with Crippen LogP contribution in [0.5, 0.6) is 0 Å². The van der Waals surface area contributed by atoms with Crippen molar-refractivity contribution in [3.05, 3.63) is 0 Å². The van der Waals surface area contributed by atoms with Crippen molar-refractivity contribution in [2.45, 2.75) is 59.3 Å². The Kier molecular flexibility index (Phi) is 6.78. The second kappa shape index (κ2) is 7.01. The van der Waals surface area contributed by atoms with Gasteiger partial charge in [0.2, 0.25) is 0 Å². The third kappa shape index (κ3) is 3.95. The van der Waals surface area contributed by atoms with Gasteiger partial charge in [0.05, 0.1) is 6.42 Å². The van der Waals surface area contributed by atoms with Gasteiger partial charge in [-0.15, -0.1) is 12.6 Å². The van der Waals surface area contributed by atoms with E-state index in [1.807, 2.05) is 12.6 Å². The van der Waals surface area contributed by atoms with Crippen molar-refractivity contribution in [3.8, 4) is 0 Å². The Balaban J connectivity index is 6.70. The quantitative estimate of drug-likeness (QED) is 0.263. The summed E-state index contributed by atoms with van der Waals surface area (Å²) in [5.74, 6) is -58.3. The van der Waals surface area contributed by atoms with E-state index in [0.29, 0.717) is 0 Å². The number of halogens is 19. The molecule has 0 fully saturated rings. The van der Waals surface area contributed by atoms with E-state index >= 15 is 0 Å². The van der Waals surface area contributed by atoms with Crippen LogP contribution in [-0.4, -0.2) is 52.9 Å². The smallest absolute Gasteiger partial charge is 0.199 e. The zero-order valence-corrected chi connectivity index (χ0v) is 13.7. The van der Waals surface area contributed by atoms with Crippen LogP contribution >= 0.6 is 12.6 Å². The third-order valence-electron chi connectivity index (χ3n) is 3.22. The molecule has 0 nitrogen and oxygen atoms in total. The van der Waals surface area contributed by atoms with Crippen molar-refractivity contribution in [3.63, 3.8) is 0 Å². The molecule has 0 spiro atoms. The van der Waals surface area contributed by atoms with Crippen molar-refractivity contribution in [2.75, 3.05) is 0 Å². The number of hydrogen-bond donors (Lipinski definition) is 1. The van der Waals surface area contributed by atoms with Crippen molar-refractivity contribution in [2.24, 2.45) is 0 Å². The predicted molar refractivity (Wildman–Crippen MR) is 59.2 cm³/mol. The highest BCUT2D eigenvalue weighted by Gasteiger charge is 2.95. The average Bonchev–Trinajstić information content (AvgIpc) is 2.41. The molecule has 20 heteroatoms. The van der Waals surface area contributed by atoms with Crippen molar-refractivity contribution in [1.82, 2.24) is 0 Å². The van der Waals surface area contributed by atoms with Crippen LogP contribution in [0.1, 0.15) is 6.42 Å². The Bertz CT molecular complexity index is 622. The first-order chi connectivity index (χ1) is 12.5. The third-order valence-corrected chi connectivity index (χ3v) is 3.38. The van der Waals surface area contributed by atoms with Crippen molar-refractivity contribution < 1.29 is 83.4 Å². The van der Waals surface area contributed by atoms with Crippen LogP contribution in [0.4, 0.5) is 83.4 Å². The highest BCUT2D eigenvalue weighted by Crippen LogP contribution is 2.64. The topological polar surface area (TPSA) is 0 Å². The molecule has 0 aromatic heterocycles. The lowest BCUT2D eigenvalue weighted by Gasteiger charge is -2.43. The van der Waals surface area contributed by atoms with Crippen LogP contribution in [0.3, 0.4) is 0 Å². The van der Waals surface area contributed by atoms with Gasteiger partial charge in [0, 0.05) is 0 Å². The van der Waals surface area contributed by atoms with E-state index in [2.05, 4.69) is 0 Å². The average molecular weight is 516 g/mol. The molecule has 0 unspecified atom stereocenters. The lowest BCUT2D eigenvalue weighted by atomic mass is 9.88. The van der Waals surface area contributed by atoms with Crippen LogP contribution in [0.25, 0.3) is 0 Å². The number of thiol groups is 1. The summed E-state index contributed by atoms with van der Waals surface area (Å²) in [6.07, 6.45) is -11.8. The molecule has 0 saturated carbocycles. The van der Waals surface area contributed by atoms with Gasteiger partial charge in [-0.1, -0.05) is 0 Å². The molecular weight excluding hydrogens is 513 g/mol. The molecule has 0 heterocycles. The molecule has 0 radical (unpaired) electrons. The molecule has 0 aliphatic heterocycles. The van der Waals surface area contributed by atoms with E-state index in [-0.39, 0.29) is 0 Å². The highest BCUT2D eigenvalue weighted by molar-refractivity contribution is 7.81. The fourth-order valence-corrected chi connectivity index (χ4v) is 1.77. The first-order valence-electron chi connectivity index (χ1n) is 6.27. The Morgan fingerprint density at radius 1 is 0.367 bits per heavy atom. The van der Waals surface area contributed by atoms with E-state index in [9.17, 15) is 83.4 Å². The lowest BCUT2D eigenvalue weighted by Crippen LogP contribution is -2.74. The normalized spacial score (nSPS) is 16.8. The summed E-state index contributed by atoms with van der Waals surface area (Å²) in [6, 6.07) is 0. The monoisotopic (exact) mass is 516 g/mol. The van der Waals surface area contributed by atoms with E-state index in [1.165, 1.54) is 0 Å². The molecular formula is C10H3F19S. The summed E-state index contributed by atoms with van der Waals surface area (Å²) in [5, 5.41) is -5.39. The number of rotatable bonds is 8. The van der Waals surface area contributed by atoms with Crippen LogP contribution in [-0.2, 0) is 0 Å². The van der Waals surface area contributed by atoms with Crippen LogP contribution in [0.15, 0.2) is 0 Å². The first-order valence-corrected chi connectivity index (χ1v) is 6.72. The predicted octanol–water partition coefficient (Wildman–Crippen LogP) is 6.91. The van der Waals surface area contributed by atoms with Gasteiger partial charge in [0.15, 0.2) is 0 Å². The molecule has 0 saturated heterocycles. The minimum atomic E-state index is -8.79. The Hall–Kier alpha value is -0.980. The molecule has 30 heavy (non-hydrogen) atoms. The summed E-state index contributed by atoms with van der Waals surface area (Å²) in [6.45, 7) is 0. The maximum atomic E-state index is 13.2. The van der Waals surface area contributed by atoms with Crippen LogP contribution in [0.2, 0.25) is 0 Å². The Morgan fingerprint density at radius 2 is 0.600 bits per heavy atom. The van der Waals surface area contributed by atoms with E-state index in [0.717, 1.165) is 0 Å². The second-order valence-electron chi connectivity index (χ2n) is 5.49. The van der Waals surface area contributed by atoms with Gasteiger partial charge in [-0.2, -0.15) is 83.4 Å². The zero-order valence-electron chi connectivity index (χ0n) is 12.8. The van der Waals surface area contributed by atoms with Gasteiger partial charge in [-0.05, 0) is 0 Å². The van der Waals surface area contributed by atoms with Crippen LogP contribution < -0.4 is 0 Å². The Labute approximate surface area is 156 Å². The molecule has 0 aliphatic carbocycles. The van der Waals surface area contributed by atoms with Gasteiger partial charge >= 0.3 is 47.6 Å². The van der Waals surface area contributed by atoms with Gasteiger partial charge in [0.25, 0.3) is 5.25 Å². The molecule has 0 rings (SSSR count). The van der Waals surface area contributed by atoms with Crippen molar-refractivity contribution in [1.29, 1.82) is 0 Å². The Morgan fingerprint density at radius 3 is 0.833 bits per heavy atom. The first kappa shape index (κ1) is 29.0. The van der Waals surface area contributed by atoms with E-state index in [4.69, 9.17) is 0 Å². The molecule has 0 aromatic rings. The fraction of sp³-hybridized carbons (Fsp3) is 1.00. The van der Waals surface area contributed by atoms with Gasteiger partial charge < -0.3 is 0 Å². The molecule has 0 atom stereocenters. The molecule has 0 aromatic carbocycles. The highest BCUT2D eigenvalue weighted by atomic mass is 32.1. The summed E-state index contributed by atoms with van der Waals surface area (Å²) >= 11 is 1.85. The SMILES string of the molecule is FC(F)(S)CC(F)(F)C(F)(F)C(F)(F)C(F)(F)C(F)(F)C(F)(F)C(F)(F)C(F)(F)F. The van der Waals surface area contributed by atoms with E-state index in [1.54, 1.807) is 0 Å². The minimum absolute atomic E-state index is 1.85. The molecule has 0 amide bonds. The van der Waals surface area contributed by atoms with Crippen molar-refractivity contribution >= 4 is 12.6 Å². The molecule has 0 bridgehead atoms. The zero-order chi connectivity index (χ0) is 25.2. The summed E-state index contributed by atoms with van der Waals surface area (Å²) in [5.41, 5.74) is 0. The van der Waals surface area contributed by atoms with Crippen LogP contribution in [0, 0.1) is 0 Å². The van der Waals surface area contributed by atoms with Gasteiger partial charge in [-0.3, -0.25) is 0 Å². The summed E-state index contributed by atoms with van der Waals surface area (Å²) < 4.78 is 242. The second-order valence-corrected chi connectivity index (χ2v) is 6.15. The number of alkyl halides is 19. The maximum absolute atomic E-state index is 13.2. The molecule has 0 N–H and O–H groups in total. The van der Waals surface area contributed by atoms with E-state index < -0.39 is 59.3 Å². The summed E-state index contributed by atoms with van der Waals surface area (Å²) in [4.78, 5) is 0. The van der Waals surface area contributed by atoms with Gasteiger partial charge in [-0.25, -0.2) is 0 Å².